The van der Waals surface area contributed by atoms with Crippen LogP contribution in [-0.4, -0.2) is 20.0 Å². The van der Waals surface area contributed by atoms with Crippen molar-refractivity contribution in [2.45, 2.75) is 21.6 Å². The van der Waals surface area contributed by atoms with Gasteiger partial charge in [0.2, 0.25) is 0 Å². The highest BCUT2D eigenvalue weighted by Gasteiger charge is 2.21. The van der Waals surface area contributed by atoms with Crippen LogP contribution < -0.4 is 4.90 Å². The molecule has 20 heavy (non-hydrogen) atoms. The molecule has 0 bridgehead atoms. The van der Waals surface area contributed by atoms with Crippen molar-refractivity contribution in [2.75, 3.05) is 11.9 Å². The second kappa shape index (κ2) is 4.51. The van der Waals surface area contributed by atoms with E-state index in [0.717, 1.165) is 26.7 Å². The Balaban J connectivity index is 2.15. The van der Waals surface area contributed by atoms with E-state index in [4.69, 9.17) is 0 Å². The fourth-order valence-corrected chi connectivity index (χ4v) is 4.10. The molecule has 0 saturated heterocycles. The molecule has 0 spiro atoms. The molecule has 0 aromatic heterocycles. The summed E-state index contributed by atoms with van der Waals surface area (Å²) in [6.07, 6.45) is 0. The second-order valence-electron chi connectivity index (χ2n) is 4.72. The zero-order valence-corrected chi connectivity index (χ0v) is 12.6. The van der Waals surface area contributed by atoms with E-state index in [1.165, 1.54) is 23.9 Å². The Morgan fingerprint density at radius 1 is 1.05 bits per heavy atom. The first-order chi connectivity index (χ1) is 9.36. The smallest absolute Gasteiger partial charge is 0.124 e. The number of rotatable bonds is 1. The van der Waals surface area contributed by atoms with Gasteiger partial charge in [-0.05, 0) is 42.8 Å². The lowest BCUT2D eigenvalue weighted by Gasteiger charge is -2.30. The molecule has 3 rings (SSSR count). The van der Waals surface area contributed by atoms with Gasteiger partial charge in [-0.15, -0.1) is 0 Å². The largest absolute Gasteiger partial charge is 0.744 e. The molecule has 0 saturated carbocycles. The van der Waals surface area contributed by atoms with Crippen molar-refractivity contribution in [3.63, 3.8) is 0 Å². The summed E-state index contributed by atoms with van der Waals surface area (Å²) in [6.45, 7) is 2.01. The molecule has 0 aliphatic carbocycles. The van der Waals surface area contributed by atoms with Crippen LogP contribution >= 0.6 is 11.8 Å². The standard InChI is InChI=1S/C14H13NO3S2/c1-9-3-5-11-13(7-9)19-14-8-10(20(16,17)18)4-6-12(14)15(11)2/h3-8H,1-2H3,(H,16,17,18)/p-1. The molecule has 6 heteroatoms. The molecule has 0 amide bonds. The number of hydrogen-bond acceptors (Lipinski definition) is 5. The molecular weight excluding hydrogens is 294 g/mol. The predicted octanol–water partition coefficient (Wildman–Crippen LogP) is 3.13. The maximum Gasteiger partial charge on any atom is 0.124 e. The first-order valence-electron chi connectivity index (χ1n) is 5.98. The van der Waals surface area contributed by atoms with Gasteiger partial charge in [0.1, 0.15) is 10.1 Å². The summed E-state index contributed by atoms with van der Waals surface area (Å²) in [7, 11) is -2.49. The third-order valence-electron chi connectivity index (χ3n) is 3.28. The highest BCUT2D eigenvalue weighted by Crippen LogP contribution is 2.48. The lowest BCUT2D eigenvalue weighted by atomic mass is 10.2. The van der Waals surface area contributed by atoms with E-state index in [0.29, 0.717) is 0 Å². The maximum absolute atomic E-state index is 11.1. The van der Waals surface area contributed by atoms with Crippen molar-refractivity contribution < 1.29 is 13.0 Å². The van der Waals surface area contributed by atoms with Crippen LogP contribution in [0.3, 0.4) is 0 Å². The minimum Gasteiger partial charge on any atom is -0.744 e. The molecule has 4 nitrogen and oxygen atoms in total. The van der Waals surface area contributed by atoms with Crippen molar-refractivity contribution in [2.24, 2.45) is 0 Å². The number of hydrogen-bond donors (Lipinski definition) is 0. The van der Waals surface area contributed by atoms with Crippen molar-refractivity contribution in [3.8, 4) is 0 Å². The van der Waals surface area contributed by atoms with Crippen LogP contribution in [0, 0.1) is 6.92 Å². The Kier molecular flexibility index (Phi) is 3.04. The molecule has 1 heterocycles. The van der Waals surface area contributed by atoms with Gasteiger partial charge in [0, 0.05) is 16.8 Å². The van der Waals surface area contributed by atoms with E-state index < -0.39 is 10.1 Å². The summed E-state index contributed by atoms with van der Waals surface area (Å²) in [6, 6.07) is 10.6. The van der Waals surface area contributed by atoms with Crippen molar-refractivity contribution in [1.29, 1.82) is 0 Å². The van der Waals surface area contributed by atoms with Crippen molar-refractivity contribution >= 4 is 33.3 Å². The Morgan fingerprint density at radius 2 is 1.65 bits per heavy atom. The van der Waals surface area contributed by atoms with Gasteiger partial charge in [-0.3, -0.25) is 0 Å². The molecule has 1 aliphatic heterocycles. The van der Waals surface area contributed by atoms with Gasteiger partial charge in [0.15, 0.2) is 0 Å². The van der Waals surface area contributed by atoms with E-state index in [1.54, 1.807) is 6.07 Å². The van der Waals surface area contributed by atoms with Gasteiger partial charge in [-0.1, -0.05) is 17.8 Å². The minimum absolute atomic E-state index is 0.187. The van der Waals surface area contributed by atoms with Crippen LogP contribution in [0.2, 0.25) is 0 Å². The predicted molar refractivity (Wildman–Crippen MR) is 77.8 cm³/mol. The molecule has 0 N–H and O–H groups in total. The van der Waals surface area contributed by atoms with E-state index in [1.807, 2.05) is 31.0 Å². The van der Waals surface area contributed by atoms with Gasteiger partial charge in [-0.2, -0.15) is 0 Å². The summed E-state index contributed by atoms with van der Waals surface area (Å²) in [5, 5.41) is 0. The number of anilines is 2. The Morgan fingerprint density at radius 3 is 2.30 bits per heavy atom. The van der Waals surface area contributed by atoms with Crippen LogP contribution in [0.1, 0.15) is 5.56 Å². The van der Waals surface area contributed by atoms with Gasteiger partial charge in [-0.25, -0.2) is 8.42 Å². The summed E-state index contributed by atoms with van der Waals surface area (Å²) in [4.78, 5) is 3.65. The summed E-state index contributed by atoms with van der Waals surface area (Å²) >= 11 is 1.49. The average molecular weight is 306 g/mol. The van der Waals surface area contributed by atoms with Crippen LogP contribution in [0.4, 0.5) is 11.4 Å². The molecule has 2 aromatic rings. The third kappa shape index (κ3) is 2.19. The van der Waals surface area contributed by atoms with Crippen LogP contribution in [0.15, 0.2) is 51.1 Å². The second-order valence-corrected chi connectivity index (χ2v) is 7.18. The number of nitrogens with zero attached hydrogens (tertiary/aromatic N) is 1. The van der Waals surface area contributed by atoms with Gasteiger partial charge in [0.25, 0.3) is 0 Å². The van der Waals surface area contributed by atoms with E-state index in [-0.39, 0.29) is 4.90 Å². The molecule has 0 unspecified atom stereocenters. The molecule has 1 aliphatic rings. The zero-order valence-electron chi connectivity index (χ0n) is 11.0. The first-order valence-corrected chi connectivity index (χ1v) is 8.21. The summed E-state index contributed by atoms with van der Waals surface area (Å²) in [5.41, 5.74) is 3.12. The summed E-state index contributed by atoms with van der Waals surface area (Å²) < 4.78 is 33.4. The molecule has 2 aromatic carbocycles. The SMILES string of the molecule is Cc1ccc2c(c1)Sc1cc(S(=O)(=O)[O-])ccc1N2C. The molecule has 0 fully saturated rings. The highest BCUT2D eigenvalue weighted by molar-refractivity contribution is 7.99. The van der Waals surface area contributed by atoms with Crippen molar-refractivity contribution in [3.05, 3.63) is 42.0 Å². The average Bonchev–Trinajstić information content (AvgIpc) is 2.37. The first kappa shape index (κ1) is 13.5. The Hall–Kier alpha value is -1.50. The topological polar surface area (TPSA) is 60.4 Å². The molecule has 104 valence electrons. The minimum atomic E-state index is -4.42. The Bertz CT molecular complexity index is 800. The van der Waals surface area contributed by atoms with Crippen LogP contribution in [0.25, 0.3) is 0 Å². The maximum atomic E-state index is 11.1. The lowest BCUT2D eigenvalue weighted by molar-refractivity contribution is 0.463. The van der Waals surface area contributed by atoms with E-state index in [9.17, 15) is 13.0 Å². The Labute approximate surface area is 122 Å². The normalized spacial score (nSPS) is 13.8. The van der Waals surface area contributed by atoms with E-state index in [2.05, 4.69) is 6.07 Å². The summed E-state index contributed by atoms with van der Waals surface area (Å²) in [5.74, 6) is 0. The number of benzene rings is 2. The van der Waals surface area contributed by atoms with Crippen LogP contribution in [-0.2, 0) is 10.1 Å². The van der Waals surface area contributed by atoms with Gasteiger partial charge < -0.3 is 9.45 Å². The fraction of sp³-hybridized carbons (Fsp3) is 0.143. The van der Waals surface area contributed by atoms with Gasteiger partial charge in [0.05, 0.1) is 16.3 Å². The third-order valence-corrected chi connectivity index (χ3v) is 5.20. The number of aryl methyl sites for hydroxylation is 1. The van der Waals surface area contributed by atoms with Crippen molar-refractivity contribution in [1.82, 2.24) is 0 Å². The zero-order chi connectivity index (χ0) is 14.5. The number of fused-ring (bicyclic) bond motifs is 2. The lowest BCUT2D eigenvalue weighted by Crippen LogP contribution is -2.15. The van der Waals surface area contributed by atoms with Crippen LogP contribution in [0.5, 0.6) is 0 Å². The van der Waals surface area contributed by atoms with E-state index >= 15 is 0 Å². The van der Waals surface area contributed by atoms with Gasteiger partial charge >= 0.3 is 0 Å². The molecular formula is C14H12NO3S2-. The fourth-order valence-electron chi connectivity index (χ4n) is 2.24. The monoisotopic (exact) mass is 306 g/mol. The highest BCUT2D eigenvalue weighted by atomic mass is 32.2. The molecule has 0 atom stereocenters. The quantitative estimate of drug-likeness (QED) is 0.758. The molecule has 0 radical (unpaired) electrons.